The molecule has 0 radical (unpaired) electrons. The van der Waals surface area contributed by atoms with E-state index in [1.165, 1.54) is 0 Å². The summed E-state index contributed by atoms with van der Waals surface area (Å²) in [4.78, 5) is 31.4. The lowest BCUT2D eigenvalue weighted by Gasteiger charge is -2.31. The molecule has 28 heavy (non-hydrogen) atoms. The number of piperidine rings is 1. The summed E-state index contributed by atoms with van der Waals surface area (Å²) in [5, 5.41) is 0. The quantitative estimate of drug-likeness (QED) is 0.744. The summed E-state index contributed by atoms with van der Waals surface area (Å²) < 4.78 is 5.79. The molecule has 1 aliphatic rings. The summed E-state index contributed by atoms with van der Waals surface area (Å²) in [5.41, 5.74) is 7.10. The van der Waals surface area contributed by atoms with Crippen molar-refractivity contribution in [3.63, 3.8) is 0 Å². The first-order valence-corrected chi connectivity index (χ1v) is 9.11. The first kappa shape index (κ1) is 17.8. The van der Waals surface area contributed by atoms with Crippen LogP contribution < -0.4 is 10.5 Å². The minimum absolute atomic E-state index is 0.0125. The summed E-state index contributed by atoms with van der Waals surface area (Å²) in [7, 11) is 0. The van der Waals surface area contributed by atoms with Gasteiger partial charge in [0.05, 0.1) is 0 Å². The van der Waals surface area contributed by atoms with Crippen LogP contribution in [-0.2, 0) is 0 Å². The van der Waals surface area contributed by atoms with Gasteiger partial charge < -0.3 is 15.4 Å². The van der Waals surface area contributed by atoms with Crippen molar-refractivity contribution in [3.05, 3.63) is 60.6 Å². The van der Waals surface area contributed by atoms with Gasteiger partial charge in [-0.25, -0.2) is 19.9 Å². The van der Waals surface area contributed by atoms with Crippen molar-refractivity contribution in [3.8, 4) is 17.4 Å². The molecule has 142 valence electrons. The van der Waals surface area contributed by atoms with Gasteiger partial charge in [-0.1, -0.05) is 12.1 Å². The van der Waals surface area contributed by atoms with Crippen LogP contribution in [0.15, 0.2) is 55.0 Å². The van der Waals surface area contributed by atoms with Crippen LogP contribution in [0.4, 0.5) is 5.82 Å². The van der Waals surface area contributed by atoms with Crippen LogP contribution in [0.3, 0.4) is 0 Å². The van der Waals surface area contributed by atoms with Gasteiger partial charge in [-0.3, -0.25) is 4.79 Å². The smallest absolute Gasteiger partial charge is 0.316 e. The minimum Gasteiger partial charge on any atom is -0.460 e. The van der Waals surface area contributed by atoms with Crippen LogP contribution in [0, 0.1) is 0 Å². The highest BCUT2D eigenvalue weighted by Gasteiger charge is 2.25. The van der Waals surface area contributed by atoms with E-state index in [9.17, 15) is 4.79 Å². The van der Waals surface area contributed by atoms with Gasteiger partial charge in [0.25, 0.3) is 5.91 Å². The van der Waals surface area contributed by atoms with Crippen LogP contribution in [-0.4, -0.2) is 49.9 Å². The molecule has 1 saturated heterocycles. The van der Waals surface area contributed by atoms with E-state index >= 15 is 0 Å². The average molecular weight is 376 g/mol. The third kappa shape index (κ3) is 4.06. The summed E-state index contributed by atoms with van der Waals surface area (Å²) in [6.45, 7) is 1.24. The van der Waals surface area contributed by atoms with Crippen molar-refractivity contribution in [2.45, 2.75) is 18.9 Å². The Balaban J connectivity index is 1.41. The summed E-state index contributed by atoms with van der Waals surface area (Å²) in [5.74, 6) is 0.885. The second-order valence-corrected chi connectivity index (χ2v) is 6.53. The van der Waals surface area contributed by atoms with Crippen LogP contribution in [0.5, 0.6) is 6.01 Å². The van der Waals surface area contributed by atoms with E-state index in [0.717, 1.165) is 18.4 Å². The Bertz CT molecular complexity index is 958. The molecule has 8 nitrogen and oxygen atoms in total. The predicted octanol–water partition coefficient (Wildman–Crippen LogP) is 2.20. The fourth-order valence-electron chi connectivity index (χ4n) is 3.16. The number of nitrogens with zero attached hydrogens (tertiary/aromatic N) is 5. The zero-order valence-corrected chi connectivity index (χ0v) is 15.2. The van der Waals surface area contributed by atoms with E-state index < -0.39 is 0 Å². The van der Waals surface area contributed by atoms with Crippen molar-refractivity contribution in [2.24, 2.45) is 0 Å². The molecule has 1 amide bonds. The molecule has 2 N–H and O–H groups in total. The van der Waals surface area contributed by atoms with E-state index in [4.69, 9.17) is 10.5 Å². The normalized spacial score (nSPS) is 14.6. The number of anilines is 1. The lowest BCUT2D eigenvalue weighted by atomic mass is 10.0. The molecule has 0 unspecified atom stereocenters. The molecular formula is C20H20N6O2. The number of hydrogen-bond donors (Lipinski definition) is 1. The number of hydrogen-bond acceptors (Lipinski definition) is 7. The Morgan fingerprint density at radius 1 is 1.04 bits per heavy atom. The molecule has 1 aromatic carbocycles. The largest absolute Gasteiger partial charge is 0.460 e. The van der Waals surface area contributed by atoms with E-state index in [1.54, 1.807) is 42.9 Å². The number of aromatic nitrogens is 4. The van der Waals surface area contributed by atoms with Gasteiger partial charge in [0, 0.05) is 55.6 Å². The number of nitrogen functional groups attached to an aromatic ring is 1. The number of carbonyl (C=O) groups is 1. The second-order valence-electron chi connectivity index (χ2n) is 6.53. The second kappa shape index (κ2) is 7.99. The Labute approximate surface area is 162 Å². The van der Waals surface area contributed by atoms with Gasteiger partial charge in [0.15, 0.2) is 5.82 Å². The first-order chi connectivity index (χ1) is 13.7. The number of rotatable bonds is 4. The van der Waals surface area contributed by atoms with Crippen LogP contribution in [0.1, 0.15) is 23.2 Å². The highest BCUT2D eigenvalue weighted by Crippen LogP contribution is 2.21. The maximum absolute atomic E-state index is 12.9. The van der Waals surface area contributed by atoms with E-state index in [0.29, 0.717) is 36.3 Å². The molecule has 4 rings (SSSR count). The SMILES string of the molecule is Nc1ccnc(-c2cccc(C(=O)N3CCC(Oc4ncccn4)CC3)c2)n1. The average Bonchev–Trinajstić information content (AvgIpc) is 2.75. The van der Waals surface area contributed by atoms with Gasteiger partial charge in [-0.2, -0.15) is 0 Å². The maximum Gasteiger partial charge on any atom is 0.316 e. The van der Waals surface area contributed by atoms with Gasteiger partial charge in [-0.05, 0) is 24.3 Å². The highest BCUT2D eigenvalue weighted by atomic mass is 16.5. The molecule has 0 bridgehead atoms. The van der Waals surface area contributed by atoms with Crippen LogP contribution in [0.25, 0.3) is 11.4 Å². The number of amides is 1. The van der Waals surface area contributed by atoms with Crippen molar-refractivity contribution >= 4 is 11.7 Å². The molecule has 0 saturated carbocycles. The van der Waals surface area contributed by atoms with Gasteiger partial charge >= 0.3 is 6.01 Å². The van der Waals surface area contributed by atoms with Crippen molar-refractivity contribution in [2.75, 3.05) is 18.8 Å². The van der Waals surface area contributed by atoms with Crippen molar-refractivity contribution in [1.82, 2.24) is 24.8 Å². The molecule has 8 heteroatoms. The van der Waals surface area contributed by atoms with Gasteiger partial charge in [0.1, 0.15) is 11.9 Å². The lowest BCUT2D eigenvalue weighted by Crippen LogP contribution is -2.41. The molecule has 1 fully saturated rings. The zero-order valence-electron chi connectivity index (χ0n) is 15.2. The van der Waals surface area contributed by atoms with E-state index in [1.807, 2.05) is 17.0 Å². The minimum atomic E-state index is -0.0137. The van der Waals surface area contributed by atoms with Crippen LogP contribution >= 0.6 is 0 Å². The Morgan fingerprint density at radius 3 is 2.57 bits per heavy atom. The molecule has 0 spiro atoms. The number of benzene rings is 1. The van der Waals surface area contributed by atoms with E-state index in [2.05, 4.69) is 19.9 Å². The lowest BCUT2D eigenvalue weighted by molar-refractivity contribution is 0.0578. The monoisotopic (exact) mass is 376 g/mol. The highest BCUT2D eigenvalue weighted by molar-refractivity contribution is 5.95. The molecule has 0 atom stereocenters. The fraction of sp³-hybridized carbons (Fsp3) is 0.250. The number of nitrogens with two attached hydrogens (primary N) is 1. The molecular weight excluding hydrogens is 356 g/mol. The molecule has 2 aromatic heterocycles. The molecule has 0 aliphatic carbocycles. The predicted molar refractivity (Wildman–Crippen MR) is 103 cm³/mol. The Hall–Kier alpha value is -3.55. The first-order valence-electron chi connectivity index (χ1n) is 9.11. The molecule has 3 aromatic rings. The van der Waals surface area contributed by atoms with Gasteiger partial charge in [0.2, 0.25) is 0 Å². The van der Waals surface area contributed by atoms with Crippen molar-refractivity contribution < 1.29 is 9.53 Å². The number of carbonyl (C=O) groups excluding carboxylic acids is 1. The molecule has 3 heterocycles. The summed E-state index contributed by atoms with van der Waals surface area (Å²) in [6, 6.07) is 11.1. The van der Waals surface area contributed by atoms with Crippen LogP contribution in [0.2, 0.25) is 0 Å². The standard InChI is InChI=1S/C20H20N6O2/c21-17-5-10-22-18(25-17)14-3-1-4-15(13-14)19(27)26-11-6-16(7-12-26)28-20-23-8-2-9-24-20/h1-5,8-10,13,16H,6-7,11-12H2,(H2,21,22,25). The fourth-order valence-corrected chi connectivity index (χ4v) is 3.16. The summed E-state index contributed by atoms with van der Waals surface area (Å²) >= 11 is 0. The van der Waals surface area contributed by atoms with Gasteiger partial charge in [-0.15, -0.1) is 0 Å². The van der Waals surface area contributed by atoms with Crippen molar-refractivity contribution in [1.29, 1.82) is 0 Å². The zero-order chi connectivity index (χ0) is 19.3. The van der Waals surface area contributed by atoms with E-state index in [-0.39, 0.29) is 12.0 Å². The topological polar surface area (TPSA) is 107 Å². The number of ether oxygens (including phenoxy) is 1. The molecule has 1 aliphatic heterocycles. The number of likely N-dealkylation sites (tertiary alicyclic amines) is 1. The third-order valence-electron chi connectivity index (χ3n) is 4.59. The summed E-state index contributed by atoms with van der Waals surface area (Å²) in [6.07, 6.45) is 6.39. The Kier molecular flexibility index (Phi) is 5.09. The maximum atomic E-state index is 12.9. The third-order valence-corrected chi connectivity index (χ3v) is 4.59. The Morgan fingerprint density at radius 2 is 1.82 bits per heavy atom.